The third kappa shape index (κ3) is 9.60. The summed E-state index contributed by atoms with van der Waals surface area (Å²) >= 11 is 0. The maximum absolute atomic E-state index is 11.3. The van der Waals surface area contributed by atoms with Crippen molar-refractivity contribution in [3.05, 3.63) is 24.3 Å². The van der Waals surface area contributed by atoms with Gasteiger partial charge in [0.05, 0.1) is 12.5 Å². The maximum atomic E-state index is 11.3. The molecule has 0 aliphatic heterocycles. The first-order valence-corrected chi connectivity index (χ1v) is 6.22. The Morgan fingerprint density at radius 2 is 1.75 bits per heavy atom. The largest absolute Gasteiger partial charge is 0.455 e. The van der Waals surface area contributed by atoms with Crippen molar-refractivity contribution in [3.8, 4) is 35.5 Å². The van der Waals surface area contributed by atoms with Crippen LogP contribution in [0, 0.1) is 41.4 Å². The average molecular weight is 270 g/mol. The monoisotopic (exact) mass is 270 g/mol. The number of hydrogen-bond acceptors (Lipinski definition) is 3. The van der Waals surface area contributed by atoms with E-state index in [2.05, 4.69) is 35.5 Å². The smallest absolute Gasteiger partial charge is 0.309 e. The maximum Gasteiger partial charge on any atom is 0.309 e. The van der Waals surface area contributed by atoms with Gasteiger partial charge in [0.1, 0.15) is 6.10 Å². The average Bonchev–Trinajstić information content (AvgIpc) is 2.43. The van der Waals surface area contributed by atoms with E-state index < -0.39 is 6.10 Å². The standard InChI is InChI=1S/C17H18O3/c1-4-5-6-7-8-9-10-11-12-13-16(14-18)20-17(19)15(2)3/h4-5,12-13,15-16,18H,14H2,1-3H3/b5-4+,13-12+/t16-/m1/s1. The zero-order valence-electron chi connectivity index (χ0n) is 11.9. The first kappa shape index (κ1) is 17.6. The normalized spacial score (nSPS) is 11.1. The fourth-order valence-corrected chi connectivity index (χ4v) is 0.879. The highest BCUT2D eigenvalue weighted by atomic mass is 16.6. The van der Waals surface area contributed by atoms with Gasteiger partial charge in [0.2, 0.25) is 0 Å². The molecule has 3 nitrogen and oxygen atoms in total. The van der Waals surface area contributed by atoms with Crippen molar-refractivity contribution in [3.63, 3.8) is 0 Å². The minimum atomic E-state index is -0.679. The van der Waals surface area contributed by atoms with Crippen LogP contribution in [0.1, 0.15) is 20.8 Å². The molecule has 0 saturated carbocycles. The summed E-state index contributed by atoms with van der Waals surface area (Å²) in [5.74, 6) is 15.1. The number of carbonyl (C=O) groups is 1. The van der Waals surface area contributed by atoms with Crippen molar-refractivity contribution < 1.29 is 14.6 Å². The van der Waals surface area contributed by atoms with Gasteiger partial charge in [0, 0.05) is 0 Å². The number of rotatable bonds is 4. The second-order valence-corrected chi connectivity index (χ2v) is 3.96. The van der Waals surface area contributed by atoms with Crippen molar-refractivity contribution in [2.75, 3.05) is 6.61 Å². The predicted octanol–water partition coefficient (Wildman–Crippen LogP) is 1.69. The van der Waals surface area contributed by atoms with Crippen molar-refractivity contribution >= 4 is 5.97 Å². The van der Waals surface area contributed by atoms with E-state index in [1.165, 1.54) is 12.2 Å². The lowest BCUT2D eigenvalue weighted by atomic mass is 10.2. The molecule has 3 heteroatoms. The second-order valence-electron chi connectivity index (χ2n) is 3.96. The molecule has 0 amide bonds. The van der Waals surface area contributed by atoms with Crippen LogP contribution in [0.15, 0.2) is 24.3 Å². The Morgan fingerprint density at radius 1 is 1.15 bits per heavy atom. The number of carbonyl (C=O) groups excluding carboxylic acids is 1. The van der Waals surface area contributed by atoms with E-state index in [9.17, 15) is 4.79 Å². The summed E-state index contributed by atoms with van der Waals surface area (Å²) in [6.45, 7) is 5.04. The van der Waals surface area contributed by atoms with Crippen LogP contribution >= 0.6 is 0 Å². The van der Waals surface area contributed by atoms with E-state index >= 15 is 0 Å². The lowest BCUT2D eigenvalue weighted by Crippen LogP contribution is -2.22. The van der Waals surface area contributed by atoms with E-state index in [1.807, 2.05) is 13.0 Å². The molecular weight excluding hydrogens is 252 g/mol. The molecule has 1 atom stereocenters. The molecule has 0 rings (SSSR count). The van der Waals surface area contributed by atoms with Crippen LogP contribution in [0.3, 0.4) is 0 Å². The summed E-state index contributed by atoms with van der Waals surface area (Å²) in [6.07, 6.45) is 5.83. The lowest BCUT2D eigenvalue weighted by molar-refractivity contribution is -0.152. The van der Waals surface area contributed by atoms with Crippen molar-refractivity contribution in [2.24, 2.45) is 5.92 Å². The molecule has 0 fully saturated rings. The first-order chi connectivity index (χ1) is 9.61. The van der Waals surface area contributed by atoms with Crippen LogP contribution in [-0.4, -0.2) is 23.8 Å². The van der Waals surface area contributed by atoms with E-state index in [0.29, 0.717) is 0 Å². The molecule has 0 aromatic heterocycles. The summed E-state index contributed by atoms with van der Waals surface area (Å²) < 4.78 is 5.02. The molecule has 0 unspecified atom stereocenters. The van der Waals surface area contributed by atoms with E-state index in [0.717, 1.165) is 0 Å². The van der Waals surface area contributed by atoms with E-state index in [1.54, 1.807) is 19.9 Å². The number of aliphatic hydroxyl groups is 1. The highest BCUT2D eigenvalue weighted by Gasteiger charge is 2.13. The SMILES string of the molecule is C/C=C/C#CC#CC#C/C=C/[C@H](CO)OC(=O)C(C)C. The summed E-state index contributed by atoms with van der Waals surface area (Å²) in [7, 11) is 0. The van der Waals surface area contributed by atoms with Crippen molar-refractivity contribution in [1.82, 2.24) is 0 Å². The zero-order chi connectivity index (χ0) is 15.2. The van der Waals surface area contributed by atoms with Crippen molar-refractivity contribution in [1.29, 1.82) is 0 Å². The van der Waals surface area contributed by atoms with Crippen LogP contribution < -0.4 is 0 Å². The Balaban J connectivity index is 4.35. The van der Waals surface area contributed by atoms with Gasteiger partial charge in [-0.2, -0.15) is 0 Å². The molecule has 104 valence electrons. The van der Waals surface area contributed by atoms with Crippen molar-refractivity contribution in [2.45, 2.75) is 26.9 Å². The van der Waals surface area contributed by atoms with Crippen LogP contribution in [0.4, 0.5) is 0 Å². The third-order valence-electron chi connectivity index (χ3n) is 1.89. The summed E-state index contributed by atoms with van der Waals surface area (Å²) in [4.78, 5) is 11.3. The van der Waals surface area contributed by atoms with Gasteiger partial charge >= 0.3 is 5.97 Å². The molecule has 1 N–H and O–H groups in total. The summed E-state index contributed by atoms with van der Waals surface area (Å²) in [6, 6.07) is 0. The molecule has 0 aliphatic carbocycles. The molecule has 0 radical (unpaired) electrons. The Labute approximate surface area is 120 Å². The van der Waals surface area contributed by atoms with Crippen LogP contribution in [0.2, 0.25) is 0 Å². The summed E-state index contributed by atoms with van der Waals surface area (Å²) in [5, 5.41) is 9.05. The topological polar surface area (TPSA) is 46.5 Å². The zero-order valence-corrected chi connectivity index (χ0v) is 11.9. The van der Waals surface area contributed by atoms with E-state index in [-0.39, 0.29) is 18.5 Å². The second kappa shape index (κ2) is 11.7. The molecule has 0 bridgehead atoms. The molecule has 0 aromatic rings. The van der Waals surface area contributed by atoms with Gasteiger partial charge in [0.15, 0.2) is 0 Å². The molecule has 0 saturated heterocycles. The Bertz CT molecular complexity index is 534. The van der Waals surface area contributed by atoms with Crippen LogP contribution in [0.5, 0.6) is 0 Å². The molecule has 20 heavy (non-hydrogen) atoms. The Morgan fingerprint density at radius 3 is 2.25 bits per heavy atom. The highest BCUT2D eigenvalue weighted by molar-refractivity contribution is 5.71. The molecule has 0 heterocycles. The quantitative estimate of drug-likeness (QED) is 0.624. The van der Waals surface area contributed by atoms with Gasteiger partial charge in [-0.15, -0.1) is 0 Å². The summed E-state index contributed by atoms with van der Waals surface area (Å²) in [5.41, 5.74) is 0. The van der Waals surface area contributed by atoms with Gasteiger partial charge in [-0.05, 0) is 48.8 Å². The minimum absolute atomic E-state index is 0.231. The Kier molecular flexibility index (Phi) is 10.3. The fourth-order valence-electron chi connectivity index (χ4n) is 0.879. The molecule has 0 spiro atoms. The molecular formula is C17H18O3. The third-order valence-corrected chi connectivity index (χ3v) is 1.89. The number of allylic oxidation sites excluding steroid dienone is 3. The van der Waals surface area contributed by atoms with E-state index in [4.69, 9.17) is 9.84 Å². The van der Waals surface area contributed by atoms with Gasteiger partial charge < -0.3 is 9.84 Å². The van der Waals surface area contributed by atoms with Crippen LogP contribution in [0.25, 0.3) is 0 Å². The molecule has 0 aromatic carbocycles. The number of hydrogen-bond donors (Lipinski definition) is 1. The molecule has 0 aliphatic rings. The first-order valence-electron chi connectivity index (χ1n) is 6.22. The highest BCUT2D eigenvalue weighted by Crippen LogP contribution is 2.01. The number of esters is 1. The minimum Gasteiger partial charge on any atom is -0.455 e. The predicted molar refractivity (Wildman–Crippen MR) is 79.1 cm³/mol. The fraction of sp³-hybridized carbons (Fsp3) is 0.353. The van der Waals surface area contributed by atoms with Gasteiger partial charge in [-0.25, -0.2) is 0 Å². The van der Waals surface area contributed by atoms with Crippen LogP contribution in [-0.2, 0) is 9.53 Å². The number of aliphatic hydroxyl groups excluding tert-OH is 1. The Hall–Kier alpha value is -2.41. The van der Waals surface area contributed by atoms with Gasteiger partial charge in [-0.3, -0.25) is 4.79 Å². The van der Waals surface area contributed by atoms with Gasteiger partial charge in [-0.1, -0.05) is 31.8 Å². The lowest BCUT2D eigenvalue weighted by Gasteiger charge is -2.12. The number of ether oxygens (including phenoxy) is 1. The van der Waals surface area contributed by atoms with Gasteiger partial charge in [0.25, 0.3) is 0 Å².